The molecule has 46 heavy (non-hydrogen) atoms. The summed E-state index contributed by atoms with van der Waals surface area (Å²) in [4.78, 5) is 13.8. The molecule has 244 valence electrons. The molecule has 2 aliphatic rings. The van der Waals surface area contributed by atoms with Gasteiger partial charge in [-0.05, 0) is 30.3 Å². The van der Waals surface area contributed by atoms with Crippen molar-refractivity contribution in [2.24, 2.45) is 0 Å². The van der Waals surface area contributed by atoms with E-state index in [2.05, 4.69) is 0 Å². The Hall–Kier alpha value is -4.77. The van der Waals surface area contributed by atoms with Crippen molar-refractivity contribution in [3.05, 3.63) is 64.3 Å². The number of benzene rings is 3. The molecular weight excluding hydrogens is 612 g/mol. The first kappa shape index (κ1) is 31.2. The topological polar surface area (TPSA) is 238 Å². The third-order valence-electron chi connectivity index (χ3n) is 7.79. The number of hydrogen-bond donors (Lipinski definition) is 8. The maximum absolute atomic E-state index is 13.8. The lowest BCUT2D eigenvalue weighted by molar-refractivity contribution is -0.277. The molecule has 1 saturated heterocycles. The summed E-state index contributed by atoms with van der Waals surface area (Å²) in [7, 11) is 1.38. The van der Waals surface area contributed by atoms with Crippen LogP contribution in [0.1, 0.15) is 11.7 Å². The molecular formula is C31H30O15. The molecule has 0 radical (unpaired) electrons. The van der Waals surface area contributed by atoms with Gasteiger partial charge in [-0.2, -0.15) is 0 Å². The fraction of sp³-hybridized carbons (Fsp3) is 0.323. The Balaban J connectivity index is 1.46. The number of fused-ring (bicyclic) bond motifs is 2. The highest BCUT2D eigenvalue weighted by atomic mass is 16.7. The van der Waals surface area contributed by atoms with Crippen LogP contribution in [-0.2, 0) is 4.74 Å². The Kier molecular flexibility index (Phi) is 8.28. The third-order valence-corrected chi connectivity index (χ3v) is 7.79. The van der Waals surface area contributed by atoms with Crippen molar-refractivity contribution in [2.45, 2.75) is 42.9 Å². The Morgan fingerprint density at radius 1 is 0.804 bits per heavy atom. The highest BCUT2D eigenvalue weighted by Crippen LogP contribution is 2.45. The molecule has 7 atom stereocenters. The normalized spacial score (nSPS) is 25.7. The minimum Gasteiger partial charge on any atom is -0.508 e. The molecule has 0 amide bonds. The first-order chi connectivity index (χ1) is 22.0. The van der Waals surface area contributed by atoms with Gasteiger partial charge >= 0.3 is 0 Å². The summed E-state index contributed by atoms with van der Waals surface area (Å²) in [5.74, 6) is -1.51. The number of methoxy groups -OCH3 is 1. The minimum atomic E-state index is -1.88. The van der Waals surface area contributed by atoms with Crippen molar-refractivity contribution >= 4 is 11.0 Å². The van der Waals surface area contributed by atoms with E-state index in [1.54, 1.807) is 6.07 Å². The summed E-state index contributed by atoms with van der Waals surface area (Å²) in [6.07, 6.45) is -10.3. The lowest BCUT2D eigenvalue weighted by Gasteiger charge is -2.39. The zero-order chi connectivity index (χ0) is 32.9. The van der Waals surface area contributed by atoms with Crippen molar-refractivity contribution in [3.8, 4) is 51.6 Å². The quantitative estimate of drug-likeness (QED) is 0.138. The maximum atomic E-state index is 13.8. The zero-order valence-corrected chi connectivity index (χ0v) is 24.0. The monoisotopic (exact) mass is 642 g/mol. The summed E-state index contributed by atoms with van der Waals surface area (Å²) in [6.45, 7) is -1.19. The van der Waals surface area contributed by atoms with Gasteiger partial charge in [-0.1, -0.05) is 6.07 Å². The predicted octanol–water partition coefficient (Wildman–Crippen LogP) is 0.637. The average Bonchev–Trinajstić information content (AvgIpc) is 3.04. The number of aromatic hydroxyl groups is 3. The van der Waals surface area contributed by atoms with E-state index in [0.717, 1.165) is 12.1 Å². The number of ether oxygens (including phenoxy) is 5. The van der Waals surface area contributed by atoms with Crippen LogP contribution >= 0.6 is 0 Å². The Bertz CT molecular complexity index is 1820. The number of aliphatic hydroxyl groups is 5. The van der Waals surface area contributed by atoms with E-state index >= 15 is 0 Å². The van der Waals surface area contributed by atoms with Crippen LogP contribution in [0, 0.1) is 0 Å². The molecule has 0 saturated carbocycles. The molecule has 15 nitrogen and oxygen atoms in total. The van der Waals surface area contributed by atoms with Crippen molar-refractivity contribution in [1.82, 2.24) is 0 Å². The van der Waals surface area contributed by atoms with Gasteiger partial charge in [0.25, 0.3) is 0 Å². The Morgan fingerprint density at radius 2 is 1.57 bits per heavy atom. The Labute approximate surface area is 259 Å². The second-order valence-electron chi connectivity index (χ2n) is 10.7. The second-order valence-corrected chi connectivity index (χ2v) is 10.7. The number of phenolic OH excluding ortho intramolecular Hbond substituents is 3. The maximum Gasteiger partial charge on any atom is 0.239 e. The van der Waals surface area contributed by atoms with Gasteiger partial charge < -0.3 is 69.0 Å². The molecule has 3 heterocycles. The molecule has 2 aliphatic heterocycles. The van der Waals surface area contributed by atoms with Gasteiger partial charge in [0, 0.05) is 23.3 Å². The number of phenols is 3. The van der Waals surface area contributed by atoms with Gasteiger partial charge in [-0.3, -0.25) is 4.79 Å². The van der Waals surface area contributed by atoms with Gasteiger partial charge in [0.2, 0.25) is 17.5 Å². The van der Waals surface area contributed by atoms with Gasteiger partial charge in [0.1, 0.15) is 46.9 Å². The molecule has 0 bridgehead atoms. The number of rotatable bonds is 7. The van der Waals surface area contributed by atoms with E-state index < -0.39 is 78.8 Å². The molecule has 3 aromatic carbocycles. The summed E-state index contributed by atoms with van der Waals surface area (Å²) in [6, 6.07) is 10.9. The fourth-order valence-electron chi connectivity index (χ4n) is 5.41. The van der Waals surface area contributed by atoms with E-state index in [9.17, 15) is 45.6 Å². The number of aliphatic hydroxyl groups excluding tert-OH is 5. The standard InChI is InChI=1S/C31H30O15/c1-41-18-6-12(2-4-15(18)35)28-22(11-33)42-17-5-3-13(7-19(17)43-28)29-30(25(38)23-16(36)8-14(34)9-20(23)44-29)46-31-27(40)26(39)24(37)21(10-32)45-31/h2-9,21-22,24,26-28,31-37,39-40H,10-11H2,1H3/t21-,22?,24-,26+,27-,28?,31+/m1/s1. The van der Waals surface area contributed by atoms with E-state index in [4.69, 9.17) is 28.1 Å². The first-order valence-electron chi connectivity index (χ1n) is 14.0. The van der Waals surface area contributed by atoms with Crippen LogP contribution in [0.3, 0.4) is 0 Å². The van der Waals surface area contributed by atoms with E-state index in [1.165, 1.54) is 37.4 Å². The SMILES string of the molecule is COc1cc(C2Oc3cc(-c4oc5cc(O)cc(O)c5c(=O)c4O[C@@H]4O[C@H](CO)[C@@H](O)[C@H](O)[C@H]4O)ccc3OC2CO)ccc1O. The van der Waals surface area contributed by atoms with Crippen LogP contribution in [0.15, 0.2) is 57.7 Å². The highest BCUT2D eigenvalue weighted by Gasteiger charge is 2.45. The van der Waals surface area contributed by atoms with Crippen molar-refractivity contribution in [1.29, 1.82) is 0 Å². The van der Waals surface area contributed by atoms with Gasteiger partial charge in [0.15, 0.2) is 41.0 Å². The van der Waals surface area contributed by atoms with Crippen LogP contribution in [-0.4, -0.2) is 98.0 Å². The Morgan fingerprint density at radius 3 is 2.28 bits per heavy atom. The van der Waals surface area contributed by atoms with Gasteiger partial charge in [0.05, 0.1) is 20.3 Å². The van der Waals surface area contributed by atoms with Crippen molar-refractivity contribution < 1.29 is 69.0 Å². The fourth-order valence-corrected chi connectivity index (χ4v) is 5.41. The van der Waals surface area contributed by atoms with Crippen molar-refractivity contribution in [2.75, 3.05) is 20.3 Å². The number of hydrogen-bond acceptors (Lipinski definition) is 15. The van der Waals surface area contributed by atoms with Crippen LogP contribution in [0.5, 0.6) is 40.2 Å². The molecule has 0 spiro atoms. The first-order valence-corrected chi connectivity index (χ1v) is 14.0. The van der Waals surface area contributed by atoms with Crippen LogP contribution in [0.25, 0.3) is 22.3 Å². The molecule has 1 fully saturated rings. The molecule has 6 rings (SSSR count). The molecule has 4 aromatic rings. The highest BCUT2D eigenvalue weighted by molar-refractivity contribution is 5.88. The van der Waals surface area contributed by atoms with E-state index in [0.29, 0.717) is 5.56 Å². The van der Waals surface area contributed by atoms with Gasteiger partial charge in [-0.15, -0.1) is 0 Å². The third kappa shape index (κ3) is 5.38. The predicted molar refractivity (Wildman–Crippen MR) is 155 cm³/mol. The summed E-state index contributed by atoms with van der Waals surface area (Å²) >= 11 is 0. The molecule has 0 aliphatic carbocycles. The van der Waals surface area contributed by atoms with Crippen LogP contribution in [0.2, 0.25) is 0 Å². The lowest BCUT2D eigenvalue weighted by Crippen LogP contribution is -2.60. The molecule has 8 N–H and O–H groups in total. The van der Waals surface area contributed by atoms with Crippen LogP contribution in [0.4, 0.5) is 0 Å². The van der Waals surface area contributed by atoms with Crippen LogP contribution < -0.4 is 24.4 Å². The summed E-state index contributed by atoms with van der Waals surface area (Å²) < 4.78 is 34.6. The summed E-state index contributed by atoms with van der Waals surface area (Å²) in [5.41, 5.74) is -0.536. The van der Waals surface area contributed by atoms with Crippen molar-refractivity contribution in [3.63, 3.8) is 0 Å². The van der Waals surface area contributed by atoms with E-state index in [-0.39, 0.29) is 45.3 Å². The molecule has 2 unspecified atom stereocenters. The molecule has 15 heteroatoms. The molecule has 1 aromatic heterocycles. The minimum absolute atomic E-state index is 0.110. The zero-order valence-electron chi connectivity index (χ0n) is 24.0. The lowest BCUT2D eigenvalue weighted by atomic mass is 9.99. The van der Waals surface area contributed by atoms with E-state index in [1.807, 2.05) is 0 Å². The second kappa shape index (κ2) is 12.2. The average molecular weight is 643 g/mol. The van der Waals surface area contributed by atoms with Gasteiger partial charge in [-0.25, -0.2) is 0 Å². The largest absolute Gasteiger partial charge is 0.508 e. The smallest absolute Gasteiger partial charge is 0.239 e. The summed E-state index contributed by atoms with van der Waals surface area (Å²) in [5, 5.41) is 80.9.